The summed E-state index contributed by atoms with van der Waals surface area (Å²) < 4.78 is 31.8. The third-order valence-corrected chi connectivity index (χ3v) is 7.35. The Balaban J connectivity index is 1.78. The van der Waals surface area contributed by atoms with Gasteiger partial charge < -0.3 is 20.3 Å². The summed E-state index contributed by atoms with van der Waals surface area (Å²) in [6.07, 6.45) is 0.787. The van der Waals surface area contributed by atoms with Crippen LogP contribution in [-0.4, -0.2) is 63.8 Å². The molecule has 0 unspecified atom stereocenters. The second-order valence-electron chi connectivity index (χ2n) is 8.46. The summed E-state index contributed by atoms with van der Waals surface area (Å²) in [4.78, 5) is 38.8. The minimum absolute atomic E-state index is 0.0336. The molecule has 0 bridgehead atoms. The van der Waals surface area contributed by atoms with Gasteiger partial charge in [-0.2, -0.15) is 0 Å². The van der Waals surface area contributed by atoms with Gasteiger partial charge in [-0.1, -0.05) is 0 Å². The molecule has 1 heterocycles. The van der Waals surface area contributed by atoms with E-state index in [2.05, 4.69) is 10.6 Å². The van der Waals surface area contributed by atoms with Gasteiger partial charge in [-0.25, -0.2) is 17.5 Å². The van der Waals surface area contributed by atoms with Gasteiger partial charge in [0.15, 0.2) is 6.10 Å². The lowest BCUT2D eigenvalue weighted by Gasteiger charge is -2.23. The highest BCUT2D eigenvalue weighted by Crippen LogP contribution is 2.29. The van der Waals surface area contributed by atoms with Crippen molar-refractivity contribution in [2.75, 3.05) is 42.7 Å². The molecule has 0 radical (unpaired) electrons. The summed E-state index contributed by atoms with van der Waals surface area (Å²) in [5, 5.41) is 5.29. The van der Waals surface area contributed by atoms with Gasteiger partial charge in [-0.3, -0.25) is 9.59 Å². The van der Waals surface area contributed by atoms with Gasteiger partial charge in [-0.05, 0) is 62.2 Å². The highest BCUT2D eigenvalue weighted by Gasteiger charge is 2.27. The van der Waals surface area contributed by atoms with Crippen molar-refractivity contribution in [3.63, 3.8) is 0 Å². The number of hydrogen-bond donors (Lipinski definition) is 2. The zero-order chi connectivity index (χ0) is 25.8. The van der Waals surface area contributed by atoms with E-state index in [9.17, 15) is 22.8 Å². The molecule has 10 nitrogen and oxygen atoms in total. The number of benzene rings is 2. The van der Waals surface area contributed by atoms with Crippen molar-refractivity contribution < 1.29 is 27.5 Å². The minimum atomic E-state index is -3.77. The minimum Gasteiger partial charge on any atom is -0.449 e. The maximum Gasteiger partial charge on any atom is 0.341 e. The van der Waals surface area contributed by atoms with Gasteiger partial charge >= 0.3 is 5.97 Å². The molecule has 0 aromatic heterocycles. The second kappa shape index (κ2) is 10.9. The van der Waals surface area contributed by atoms with E-state index in [4.69, 9.17) is 4.74 Å². The molecule has 2 amide bonds. The highest BCUT2D eigenvalue weighted by molar-refractivity contribution is 7.89. The van der Waals surface area contributed by atoms with E-state index < -0.39 is 28.0 Å². The molecule has 188 valence electrons. The average molecular weight is 503 g/mol. The Kier molecular flexibility index (Phi) is 8.13. The number of carbonyl (C=O) groups excluding carboxylic acids is 3. The van der Waals surface area contributed by atoms with Crippen molar-refractivity contribution in [3.05, 3.63) is 48.0 Å². The van der Waals surface area contributed by atoms with Crippen molar-refractivity contribution in [1.29, 1.82) is 0 Å². The molecule has 1 fully saturated rings. The van der Waals surface area contributed by atoms with Crippen molar-refractivity contribution in [2.45, 2.75) is 37.7 Å². The lowest BCUT2D eigenvalue weighted by Crippen LogP contribution is -2.31. The number of anilines is 3. The summed E-state index contributed by atoms with van der Waals surface area (Å²) in [5.41, 5.74) is 1.71. The number of nitrogens with one attached hydrogen (secondary N) is 2. The van der Waals surface area contributed by atoms with E-state index in [0.717, 1.165) is 30.2 Å². The molecule has 35 heavy (non-hydrogen) atoms. The molecule has 1 atom stereocenters. The zero-order valence-electron chi connectivity index (χ0n) is 20.2. The summed E-state index contributed by atoms with van der Waals surface area (Å²) in [6.45, 7) is 4.32. The Morgan fingerprint density at radius 3 is 2.09 bits per heavy atom. The first-order valence-electron chi connectivity index (χ1n) is 11.2. The van der Waals surface area contributed by atoms with Crippen molar-refractivity contribution >= 4 is 44.9 Å². The number of ether oxygens (including phenoxy) is 1. The number of hydrogen-bond acceptors (Lipinski definition) is 7. The van der Waals surface area contributed by atoms with Crippen LogP contribution in [0.25, 0.3) is 0 Å². The van der Waals surface area contributed by atoms with Crippen LogP contribution in [-0.2, 0) is 24.3 Å². The van der Waals surface area contributed by atoms with Gasteiger partial charge in [0.05, 0.1) is 16.1 Å². The molecule has 1 aliphatic rings. The quantitative estimate of drug-likeness (QED) is 0.532. The van der Waals surface area contributed by atoms with Crippen LogP contribution in [0.3, 0.4) is 0 Å². The molecule has 3 rings (SSSR count). The third kappa shape index (κ3) is 6.37. The van der Waals surface area contributed by atoms with Crippen LogP contribution in [0, 0.1) is 0 Å². The van der Waals surface area contributed by atoms with E-state index in [1.54, 1.807) is 30.3 Å². The topological polar surface area (TPSA) is 125 Å². The number of amides is 2. The first-order chi connectivity index (χ1) is 16.5. The van der Waals surface area contributed by atoms with E-state index in [1.165, 1.54) is 40.1 Å². The molecule has 2 aromatic rings. The summed E-state index contributed by atoms with van der Waals surface area (Å²) in [7, 11) is -0.941. The first kappa shape index (κ1) is 26.2. The Bertz CT molecular complexity index is 1210. The van der Waals surface area contributed by atoms with E-state index in [0.29, 0.717) is 17.1 Å². The second-order valence-corrected chi connectivity index (χ2v) is 10.6. The summed E-state index contributed by atoms with van der Waals surface area (Å²) in [6, 6.07) is 10.9. The number of carbonyl (C=O) groups is 3. The monoisotopic (exact) mass is 502 g/mol. The zero-order valence-corrected chi connectivity index (χ0v) is 21.0. The number of rotatable bonds is 8. The van der Waals surface area contributed by atoms with Gasteiger partial charge in [-0.15, -0.1) is 0 Å². The Morgan fingerprint density at radius 2 is 1.54 bits per heavy atom. The van der Waals surface area contributed by atoms with Crippen molar-refractivity contribution in [3.8, 4) is 0 Å². The SMILES string of the molecule is CC(=O)Nc1ccc(NC(=O)[C@@H](C)OC(=O)c2cc(S(=O)(=O)N(C)C)ccc2N2CCCC2)cc1. The van der Waals surface area contributed by atoms with Crippen LogP contribution in [0.5, 0.6) is 0 Å². The molecule has 2 N–H and O–H groups in total. The molecular formula is C24H30N4O6S. The lowest BCUT2D eigenvalue weighted by molar-refractivity contribution is -0.123. The normalized spacial score (nSPS) is 14.5. The lowest BCUT2D eigenvalue weighted by atomic mass is 10.1. The standard InChI is InChI=1S/C24H30N4O6S/c1-16(23(30)26-19-9-7-18(8-10-19)25-17(2)29)34-24(31)21-15-20(35(32,33)27(3)4)11-12-22(21)28-13-5-6-14-28/h7-12,15-16H,5-6,13-14H2,1-4H3,(H,25,29)(H,26,30)/t16-/m1/s1. The average Bonchev–Trinajstić information content (AvgIpc) is 3.34. The third-order valence-electron chi connectivity index (χ3n) is 5.54. The van der Waals surface area contributed by atoms with E-state index in [-0.39, 0.29) is 16.4 Å². The van der Waals surface area contributed by atoms with Crippen LogP contribution in [0.4, 0.5) is 17.1 Å². The molecule has 1 aliphatic heterocycles. The predicted molar refractivity (Wildman–Crippen MR) is 133 cm³/mol. The van der Waals surface area contributed by atoms with Crippen LogP contribution < -0.4 is 15.5 Å². The van der Waals surface area contributed by atoms with Gasteiger partial charge in [0.2, 0.25) is 15.9 Å². The van der Waals surface area contributed by atoms with Crippen LogP contribution in [0.15, 0.2) is 47.4 Å². The van der Waals surface area contributed by atoms with Crippen LogP contribution >= 0.6 is 0 Å². The number of sulfonamides is 1. The van der Waals surface area contributed by atoms with Gasteiger partial charge in [0, 0.05) is 45.5 Å². The maximum absolute atomic E-state index is 13.1. The molecular weight excluding hydrogens is 472 g/mol. The Morgan fingerprint density at radius 1 is 0.971 bits per heavy atom. The van der Waals surface area contributed by atoms with Gasteiger partial charge in [0.25, 0.3) is 5.91 Å². The van der Waals surface area contributed by atoms with Crippen molar-refractivity contribution in [2.24, 2.45) is 0 Å². The van der Waals surface area contributed by atoms with Crippen LogP contribution in [0.2, 0.25) is 0 Å². The molecule has 1 saturated heterocycles. The fourth-order valence-electron chi connectivity index (χ4n) is 3.65. The first-order valence-corrected chi connectivity index (χ1v) is 12.6. The number of nitrogens with zero attached hydrogens (tertiary/aromatic N) is 2. The molecule has 0 aliphatic carbocycles. The fourth-order valence-corrected chi connectivity index (χ4v) is 4.57. The molecule has 0 saturated carbocycles. The predicted octanol–water partition coefficient (Wildman–Crippen LogP) is 2.68. The Labute approximate surface area is 205 Å². The van der Waals surface area contributed by atoms with E-state index >= 15 is 0 Å². The highest BCUT2D eigenvalue weighted by atomic mass is 32.2. The molecule has 2 aromatic carbocycles. The molecule has 11 heteroatoms. The summed E-state index contributed by atoms with van der Waals surface area (Å²) in [5.74, 6) is -1.55. The maximum atomic E-state index is 13.1. The van der Waals surface area contributed by atoms with Crippen LogP contribution in [0.1, 0.15) is 37.0 Å². The van der Waals surface area contributed by atoms with E-state index in [1.807, 2.05) is 4.90 Å². The van der Waals surface area contributed by atoms with Crippen molar-refractivity contribution in [1.82, 2.24) is 4.31 Å². The Hall–Kier alpha value is -3.44. The number of esters is 1. The molecule has 0 spiro atoms. The summed E-state index contributed by atoms with van der Waals surface area (Å²) >= 11 is 0. The largest absolute Gasteiger partial charge is 0.449 e. The van der Waals surface area contributed by atoms with Gasteiger partial charge in [0.1, 0.15) is 0 Å². The smallest absolute Gasteiger partial charge is 0.341 e. The fraction of sp³-hybridized carbons (Fsp3) is 0.375.